The van der Waals surface area contributed by atoms with Crippen molar-refractivity contribution in [1.29, 1.82) is 5.26 Å². The summed E-state index contributed by atoms with van der Waals surface area (Å²) >= 11 is 3.21. The van der Waals surface area contributed by atoms with Gasteiger partial charge in [-0.2, -0.15) is 5.26 Å². The molecule has 0 saturated heterocycles. The van der Waals surface area contributed by atoms with E-state index in [1.165, 1.54) is 6.07 Å². The normalized spacial score (nSPS) is 27.4. The monoisotopic (exact) mass is 353 g/mol. The number of halogens is 2. The van der Waals surface area contributed by atoms with Crippen LogP contribution in [0.2, 0.25) is 0 Å². The third kappa shape index (κ3) is 3.30. The highest BCUT2D eigenvalue weighted by Crippen LogP contribution is 2.49. The first-order chi connectivity index (χ1) is 9.89. The molecule has 1 saturated carbocycles. The molecule has 2 rings (SSSR count). The zero-order valence-electron chi connectivity index (χ0n) is 12.4. The summed E-state index contributed by atoms with van der Waals surface area (Å²) in [6.07, 6.45) is 2.02. The van der Waals surface area contributed by atoms with Crippen molar-refractivity contribution in [2.24, 2.45) is 17.3 Å². The van der Waals surface area contributed by atoms with E-state index in [2.05, 4.69) is 35.8 Å². The van der Waals surface area contributed by atoms with Gasteiger partial charge >= 0.3 is 0 Å². The molecule has 0 heterocycles. The summed E-state index contributed by atoms with van der Waals surface area (Å²) in [7, 11) is 0. The first-order valence-corrected chi connectivity index (χ1v) is 8.23. The van der Waals surface area contributed by atoms with E-state index in [4.69, 9.17) is 0 Å². The van der Waals surface area contributed by atoms with Crippen LogP contribution in [0, 0.1) is 34.4 Å². The SMILES string of the molecule is CC(C)C1CCC(C#N)(C(O)c2ccc(Br)cc2F)CC1. The fourth-order valence-electron chi connectivity index (χ4n) is 3.29. The Morgan fingerprint density at radius 3 is 2.48 bits per heavy atom. The van der Waals surface area contributed by atoms with E-state index in [1.54, 1.807) is 12.1 Å². The molecule has 1 aliphatic carbocycles. The van der Waals surface area contributed by atoms with Gasteiger partial charge in [0.1, 0.15) is 11.9 Å². The van der Waals surface area contributed by atoms with Gasteiger partial charge in [0.2, 0.25) is 0 Å². The van der Waals surface area contributed by atoms with Crippen molar-refractivity contribution >= 4 is 15.9 Å². The van der Waals surface area contributed by atoms with Crippen LogP contribution < -0.4 is 0 Å². The molecule has 1 N–H and O–H groups in total. The van der Waals surface area contributed by atoms with Gasteiger partial charge in [-0.1, -0.05) is 35.8 Å². The topological polar surface area (TPSA) is 44.0 Å². The molecule has 1 unspecified atom stereocenters. The van der Waals surface area contributed by atoms with E-state index in [1.807, 2.05) is 0 Å². The van der Waals surface area contributed by atoms with Gasteiger partial charge in [0.05, 0.1) is 11.5 Å². The smallest absolute Gasteiger partial charge is 0.130 e. The lowest BCUT2D eigenvalue weighted by Crippen LogP contribution is -2.34. The molecular formula is C17H21BrFNO. The van der Waals surface area contributed by atoms with E-state index in [-0.39, 0.29) is 5.56 Å². The second-order valence-electron chi connectivity index (χ2n) is 6.42. The van der Waals surface area contributed by atoms with Crippen molar-refractivity contribution in [2.75, 3.05) is 0 Å². The molecule has 2 nitrogen and oxygen atoms in total. The van der Waals surface area contributed by atoms with E-state index in [0.29, 0.717) is 29.2 Å². The molecule has 4 heteroatoms. The molecular weight excluding hydrogens is 333 g/mol. The summed E-state index contributed by atoms with van der Waals surface area (Å²) in [6.45, 7) is 4.38. The van der Waals surface area contributed by atoms with Gasteiger partial charge in [-0.3, -0.25) is 0 Å². The summed E-state index contributed by atoms with van der Waals surface area (Å²) in [5, 5.41) is 20.2. The molecule has 0 bridgehead atoms. The van der Waals surface area contributed by atoms with Crippen LogP contribution in [-0.4, -0.2) is 5.11 Å². The maximum atomic E-state index is 14.1. The molecule has 0 amide bonds. The van der Waals surface area contributed by atoms with E-state index < -0.39 is 17.3 Å². The minimum Gasteiger partial charge on any atom is -0.387 e. The minimum atomic E-state index is -1.07. The van der Waals surface area contributed by atoms with Gasteiger partial charge in [0.15, 0.2) is 0 Å². The fraction of sp³-hybridized carbons (Fsp3) is 0.588. The first-order valence-electron chi connectivity index (χ1n) is 7.44. The Labute approximate surface area is 134 Å². The summed E-state index contributed by atoms with van der Waals surface area (Å²) in [5.74, 6) is 0.717. The maximum Gasteiger partial charge on any atom is 0.130 e. The fourth-order valence-corrected chi connectivity index (χ4v) is 3.62. The van der Waals surface area contributed by atoms with E-state index in [9.17, 15) is 14.8 Å². The van der Waals surface area contributed by atoms with Crippen LogP contribution in [0.5, 0.6) is 0 Å². The van der Waals surface area contributed by atoms with Gasteiger partial charge in [0, 0.05) is 10.0 Å². The van der Waals surface area contributed by atoms with Crippen LogP contribution in [-0.2, 0) is 0 Å². The Balaban J connectivity index is 2.24. The summed E-state index contributed by atoms with van der Waals surface area (Å²) < 4.78 is 14.7. The van der Waals surface area contributed by atoms with Crippen molar-refractivity contribution in [2.45, 2.75) is 45.6 Å². The predicted molar refractivity (Wildman–Crippen MR) is 83.9 cm³/mol. The Bertz CT molecular complexity index is 544. The standard InChI is InChI=1S/C17H21BrFNO/c1-11(2)12-5-7-17(10-20,8-6-12)16(21)14-4-3-13(18)9-15(14)19/h3-4,9,11-12,16,21H,5-8H2,1-2H3. The molecule has 0 aliphatic heterocycles. The van der Waals surface area contributed by atoms with Crippen LogP contribution in [0.4, 0.5) is 4.39 Å². The van der Waals surface area contributed by atoms with Gasteiger partial charge < -0.3 is 5.11 Å². The Morgan fingerprint density at radius 2 is 2.00 bits per heavy atom. The minimum absolute atomic E-state index is 0.225. The Kier molecular flexibility index (Phi) is 5.06. The van der Waals surface area contributed by atoms with Crippen molar-refractivity contribution < 1.29 is 9.50 Å². The number of hydrogen-bond donors (Lipinski definition) is 1. The van der Waals surface area contributed by atoms with Gasteiger partial charge in [-0.25, -0.2) is 4.39 Å². The van der Waals surface area contributed by atoms with Crippen molar-refractivity contribution in [3.63, 3.8) is 0 Å². The van der Waals surface area contributed by atoms with Gasteiger partial charge in [-0.05, 0) is 49.7 Å². The average molecular weight is 354 g/mol. The molecule has 1 aliphatic rings. The van der Waals surface area contributed by atoms with Crippen molar-refractivity contribution in [1.82, 2.24) is 0 Å². The maximum absolute atomic E-state index is 14.1. The number of nitrogens with zero attached hydrogens (tertiary/aromatic N) is 1. The zero-order valence-corrected chi connectivity index (χ0v) is 14.0. The molecule has 0 radical (unpaired) electrons. The molecule has 21 heavy (non-hydrogen) atoms. The number of rotatable bonds is 3. The molecule has 0 aromatic heterocycles. The van der Waals surface area contributed by atoms with Gasteiger partial charge in [0.25, 0.3) is 0 Å². The van der Waals surface area contributed by atoms with Crippen LogP contribution in [0.3, 0.4) is 0 Å². The van der Waals surface area contributed by atoms with Crippen LogP contribution in [0.25, 0.3) is 0 Å². The number of benzene rings is 1. The third-order valence-corrected chi connectivity index (χ3v) is 5.36. The second kappa shape index (κ2) is 6.46. The highest BCUT2D eigenvalue weighted by atomic mass is 79.9. The summed E-state index contributed by atoms with van der Waals surface area (Å²) in [5.41, 5.74) is -0.636. The zero-order chi connectivity index (χ0) is 15.6. The lowest BCUT2D eigenvalue weighted by molar-refractivity contribution is 0.0168. The number of hydrogen-bond acceptors (Lipinski definition) is 2. The average Bonchev–Trinajstić information content (AvgIpc) is 2.46. The molecule has 1 atom stereocenters. The van der Waals surface area contributed by atoms with E-state index >= 15 is 0 Å². The van der Waals surface area contributed by atoms with Crippen molar-refractivity contribution in [3.8, 4) is 6.07 Å². The highest BCUT2D eigenvalue weighted by Gasteiger charge is 2.43. The van der Waals surface area contributed by atoms with Crippen molar-refractivity contribution in [3.05, 3.63) is 34.1 Å². The lowest BCUT2D eigenvalue weighted by Gasteiger charge is -2.39. The number of nitriles is 1. The molecule has 1 aromatic carbocycles. The quantitative estimate of drug-likeness (QED) is 0.832. The predicted octanol–water partition coefficient (Wildman–Crippen LogP) is 4.98. The summed E-state index contributed by atoms with van der Waals surface area (Å²) in [6, 6.07) is 6.89. The molecule has 0 spiro atoms. The number of aliphatic hydroxyl groups excluding tert-OH is 1. The lowest BCUT2D eigenvalue weighted by atomic mass is 9.65. The first kappa shape index (κ1) is 16.5. The second-order valence-corrected chi connectivity index (χ2v) is 7.33. The van der Waals surface area contributed by atoms with Crippen LogP contribution in [0.1, 0.15) is 51.2 Å². The summed E-state index contributed by atoms with van der Waals surface area (Å²) in [4.78, 5) is 0. The Morgan fingerprint density at radius 1 is 1.38 bits per heavy atom. The van der Waals surface area contributed by atoms with Crippen LogP contribution in [0.15, 0.2) is 22.7 Å². The van der Waals surface area contributed by atoms with E-state index in [0.717, 1.165) is 12.8 Å². The largest absolute Gasteiger partial charge is 0.387 e. The molecule has 1 fully saturated rings. The molecule has 1 aromatic rings. The van der Waals surface area contributed by atoms with Gasteiger partial charge in [-0.15, -0.1) is 0 Å². The third-order valence-electron chi connectivity index (χ3n) is 4.87. The number of aliphatic hydroxyl groups is 1. The van der Waals surface area contributed by atoms with Crippen LogP contribution >= 0.6 is 15.9 Å². The molecule has 114 valence electrons. The Hall–Kier alpha value is -0.920. The highest BCUT2D eigenvalue weighted by molar-refractivity contribution is 9.10.